The van der Waals surface area contributed by atoms with E-state index >= 15 is 0 Å². The molecule has 1 spiro atoms. The van der Waals surface area contributed by atoms with Crippen molar-refractivity contribution in [3.63, 3.8) is 0 Å². The lowest BCUT2D eigenvalue weighted by atomic mass is 9.93. The number of nitrogens with zero attached hydrogens (tertiary/aromatic N) is 5. The molecule has 0 N–H and O–H groups in total. The van der Waals surface area contributed by atoms with Gasteiger partial charge >= 0.3 is 0 Å². The van der Waals surface area contributed by atoms with Crippen molar-refractivity contribution in [2.45, 2.75) is 24.7 Å². The molecule has 0 unspecified atom stereocenters. The molecule has 0 saturated heterocycles. The van der Waals surface area contributed by atoms with Gasteiger partial charge in [-0.05, 0) is 48.4 Å². The van der Waals surface area contributed by atoms with Crippen LogP contribution in [0, 0.1) is 16.7 Å². The Kier molecular flexibility index (Phi) is 2.65. The van der Waals surface area contributed by atoms with Crippen molar-refractivity contribution in [1.82, 2.24) is 19.3 Å². The molecule has 2 aromatic heterocycles. The average molecular weight is 351 g/mol. The van der Waals surface area contributed by atoms with Gasteiger partial charge < -0.3 is 4.57 Å². The van der Waals surface area contributed by atoms with Gasteiger partial charge in [0.1, 0.15) is 6.33 Å². The molecule has 1 atom stereocenters. The van der Waals surface area contributed by atoms with E-state index in [1.165, 1.54) is 12.8 Å². The van der Waals surface area contributed by atoms with E-state index in [1.807, 2.05) is 52.0 Å². The summed E-state index contributed by atoms with van der Waals surface area (Å²) in [5.41, 5.74) is 3.15. The largest absolute Gasteiger partial charge is 0.304 e. The topological polar surface area (TPSA) is 59.4 Å². The van der Waals surface area contributed by atoms with Gasteiger partial charge in [0.2, 0.25) is 0 Å². The highest BCUT2D eigenvalue weighted by atomic mass is 15.3. The molecule has 4 aromatic rings. The van der Waals surface area contributed by atoms with Crippen molar-refractivity contribution in [2.24, 2.45) is 5.41 Å². The first-order valence-corrected chi connectivity index (χ1v) is 9.24. The standard InChI is InChI=1S/C22H17N5/c23-14-22(13-21(22)8-9-21)17-7-6-16-11-25-27(19(16)10-17)20-12-26(15-24-20)18-4-2-1-3-5-18/h1-7,10-12,15H,8-9,13H2/t22-/m0/s1. The van der Waals surface area contributed by atoms with Gasteiger partial charge in [0.15, 0.2) is 5.82 Å². The number of nitriles is 1. The molecule has 0 radical (unpaired) electrons. The summed E-state index contributed by atoms with van der Waals surface area (Å²) >= 11 is 0. The predicted molar refractivity (Wildman–Crippen MR) is 102 cm³/mol. The molecule has 0 aliphatic heterocycles. The summed E-state index contributed by atoms with van der Waals surface area (Å²) < 4.78 is 3.86. The van der Waals surface area contributed by atoms with Crippen molar-refractivity contribution < 1.29 is 0 Å². The second-order valence-electron chi connectivity index (χ2n) is 7.78. The van der Waals surface area contributed by atoms with E-state index in [0.717, 1.165) is 34.4 Å². The van der Waals surface area contributed by atoms with Crippen LogP contribution < -0.4 is 0 Å². The fraction of sp³-hybridized carbons (Fsp3) is 0.227. The molecule has 2 aliphatic rings. The molecule has 6 rings (SSSR count). The molecule has 27 heavy (non-hydrogen) atoms. The summed E-state index contributed by atoms with van der Waals surface area (Å²) in [5.74, 6) is 0.772. The molecule has 130 valence electrons. The highest BCUT2D eigenvalue weighted by Crippen LogP contribution is 2.78. The van der Waals surface area contributed by atoms with Gasteiger partial charge in [-0.2, -0.15) is 10.4 Å². The number of hydrogen-bond donors (Lipinski definition) is 0. The fourth-order valence-corrected chi connectivity index (χ4v) is 4.48. The Balaban J connectivity index is 1.45. The van der Waals surface area contributed by atoms with Crippen molar-refractivity contribution in [3.8, 4) is 17.6 Å². The zero-order valence-corrected chi connectivity index (χ0v) is 14.7. The summed E-state index contributed by atoms with van der Waals surface area (Å²) in [5, 5.41) is 15.4. The second-order valence-corrected chi connectivity index (χ2v) is 7.78. The highest BCUT2D eigenvalue weighted by Gasteiger charge is 2.75. The Bertz CT molecular complexity index is 1220. The summed E-state index contributed by atoms with van der Waals surface area (Å²) in [4.78, 5) is 4.55. The van der Waals surface area contributed by atoms with Crippen LogP contribution in [0.1, 0.15) is 24.8 Å². The molecule has 5 heteroatoms. The van der Waals surface area contributed by atoms with Crippen LogP contribution in [0.2, 0.25) is 0 Å². The number of para-hydroxylation sites is 1. The van der Waals surface area contributed by atoms with Gasteiger partial charge in [0, 0.05) is 11.1 Å². The molecular weight excluding hydrogens is 334 g/mol. The van der Waals surface area contributed by atoms with E-state index in [-0.39, 0.29) is 10.8 Å². The van der Waals surface area contributed by atoms with Crippen LogP contribution in [0.4, 0.5) is 0 Å². The lowest BCUT2D eigenvalue weighted by Gasteiger charge is -2.09. The van der Waals surface area contributed by atoms with Crippen LogP contribution in [-0.4, -0.2) is 19.3 Å². The summed E-state index contributed by atoms with van der Waals surface area (Å²) in [6.07, 6.45) is 9.00. The van der Waals surface area contributed by atoms with E-state index in [4.69, 9.17) is 0 Å². The van der Waals surface area contributed by atoms with E-state index in [1.54, 1.807) is 6.33 Å². The van der Waals surface area contributed by atoms with Gasteiger partial charge in [0.05, 0.1) is 29.4 Å². The molecule has 2 aromatic carbocycles. The maximum absolute atomic E-state index is 9.84. The average Bonchev–Trinajstić information content (AvgIpc) is 3.48. The Morgan fingerprint density at radius 1 is 1.07 bits per heavy atom. The Morgan fingerprint density at radius 3 is 2.67 bits per heavy atom. The Morgan fingerprint density at radius 2 is 1.93 bits per heavy atom. The molecule has 2 heterocycles. The van der Waals surface area contributed by atoms with E-state index in [0.29, 0.717) is 0 Å². The van der Waals surface area contributed by atoms with Crippen molar-refractivity contribution in [3.05, 3.63) is 72.8 Å². The third-order valence-corrected chi connectivity index (χ3v) is 6.33. The van der Waals surface area contributed by atoms with Crippen LogP contribution in [0.5, 0.6) is 0 Å². The molecular formula is C22H17N5. The number of rotatable bonds is 3. The SMILES string of the molecule is N#C[C@]1(c2ccc3cnn(-c4cn(-c5ccccc5)cn4)c3c2)CC12CC2. The first-order valence-electron chi connectivity index (χ1n) is 9.24. The van der Waals surface area contributed by atoms with Crippen LogP contribution in [0.15, 0.2) is 67.3 Å². The van der Waals surface area contributed by atoms with Gasteiger partial charge in [-0.15, -0.1) is 0 Å². The molecule has 2 aliphatic carbocycles. The Hall–Kier alpha value is -3.39. The lowest BCUT2D eigenvalue weighted by Crippen LogP contribution is -2.07. The predicted octanol–water partition coefficient (Wildman–Crippen LogP) is 4.16. The number of imidazole rings is 1. The summed E-state index contributed by atoms with van der Waals surface area (Å²) in [7, 11) is 0. The van der Waals surface area contributed by atoms with Gasteiger partial charge in [-0.25, -0.2) is 9.67 Å². The lowest BCUT2D eigenvalue weighted by molar-refractivity contribution is 0.738. The number of aromatic nitrogens is 4. The summed E-state index contributed by atoms with van der Waals surface area (Å²) in [6.45, 7) is 0. The van der Waals surface area contributed by atoms with Gasteiger partial charge in [-0.1, -0.05) is 30.3 Å². The third kappa shape index (κ3) is 1.93. The first-order chi connectivity index (χ1) is 13.2. The minimum Gasteiger partial charge on any atom is -0.304 e. The number of hydrogen-bond acceptors (Lipinski definition) is 3. The van der Waals surface area contributed by atoms with E-state index < -0.39 is 0 Å². The van der Waals surface area contributed by atoms with Crippen LogP contribution in [0.3, 0.4) is 0 Å². The van der Waals surface area contributed by atoms with Gasteiger partial charge in [0.25, 0.3) is 0 Å². The summed E-state index contributed by atoms with van der Waals surface area (Å²) in [6, 6.07) is 19.0. The van der Waals surface area contributed by atoms with Crippen molar-refractivity contribution in [2.75, 3.05) is 0 Å². The maximum Gasteiger partial charge on any atom is 0.172 e. The van der Waals surface area contributed by atoms with Crippen LogP contribution >= 0.6 is 0 Å². The minimum atomic E-state index is -0.292. The quantitative estimate of drug-likeness (QED) is 0.557. The third-order valence-electron chi connectivity index (χ3n) is 6.33. The minimum absolute atomic E-state index is 0.259. The molecule has 2 saturated carbocycles. The first kappa shape index (κ1) is 14.7. The number of fused-ring (bicyclic) bond motifs is 1. The maximum atomic E-state index is 9.84. The molecule has 0 bridgehead atoms. The van der Waals surface area contributed by atoms with E-state index in [9.17, 15) is 5.26 Å². The van der Waals surface area contributed by atoms with E-state index in [2.05, 4.69) is 34.4 Å². The van der Waals surface area contributed by atoms with Gasteiger partial charge in [-0.3, -0.25) is 0 Å². The molecule has 2 fully saturated rings. The van der Waals surface area contributed by atoms with Crippen molar-refractivity contribution in [1.29, 1.82) is 5.26 Å². The second kappa shape index (κ2) is 4.86. The van der Waals surface area contributed by atoms with Crippen molar-refractivity contribution >= 4 is 10.9 Å². The van der Waals surface area contributed by atoms with Crippen LogP contribution in [-0.2, 0) is 5.41 Å². The Labute approximate surface area is 156 Å². The zero-order valence-electron chi connectivity index (χ0n) is 14.7. The zero-order chi connectivity index (χ0) is 18.1. The monoisotopic (exact) mass is 351 g/mol. The number of benzene rings is 2. The molecule has 5 nitrogen and oxygen atoms in total. The highest BCUT2D eigenvalue weighted by molar-refractivity contribution is 5.81. The van der Waals surface area contributed by atoms with Crippen LogP contribution in [0.25, 0.3) is 22.4 Å². The fourth-order valence-electron chi connectivity index (χ4n) is 4.48. The molecule has 0 amide bonds. The normalized spacial score (nSPS) is 22.0. The smallest absolute Gasteiger partial charge is 0.172 e.